The minimum atomic E-state index is 0.108. The van der Waals surface area contributed by atoms with Crippen LogP contribution >= 0.6 is 0 Å². The number of ether oxygens (including phenoxy) is 1. The van der Waals surface area contributed by atoms with E-state index in [0.717, 1.165) is 44.2 Å². The zero-order chi connectivity index (χ0) is 20.7. The fourth-order valence-corrected chi connectivity index (χ4v) is 3.60. The molecule has 0 bridgehead atoms. The molecule has 7 heteroatoms. The van der Waals surface area contributed by atoms with Gasteiger partial charge in [0.25, 0.3) is 0 Å². The Balaban J connectivity index is 1.64. The Morgan fingerprint density at radius 3 is 2.67 bits per heavy atom. The van der Waals surface area contributed by atoms with Gasteiger partial charge in [0.15, 0.2) is 11.5 Å². The number of H-pyrrole nitrogens is 1. The molecule has 0 aliphatic carbocycles. The highest BCUT2D eigenvalue weighted by molar-refractivity contribution is 5.99. The maximum absolute atomic E-state index is 9.89. The molecule has 3 aromatic carbocycles. The van der Waals surface area contributed by atoms with Gasteiger partial charge in [-0.2, -0.15) is 5.10 Å². The van der Waals surface area contributed by atoms with Crippen molar-refractivity contribution in [1.82, 2.24) is 20.2 Å². The molecule has 0 aliphatic heterocycles. The van der Waals surface area contributed by atoms with E-state index < -0.39 is 0 Å². The van der Waals surface area contributed by atoms with E-state index >= 15 is 0 Å². The number of benzene rings is 3. The van der Waals surface area contributed by atoms with Crippen molar-refractivity contribution in [1.29, 1.82) is 0 Å². The summed E-state index contributed by atoms with van der Waals surface area (Å²) in [5, 5.41) is 22.4. The molecule has 5 rings (SSSR count). The lowest BCUT2D eigenvalue weighted by molar-refractivity contribution is 0.373. The molecule has 0 saturated heterocycles. The number of aromatic amines is 1. The van der Waals surface area contributed by atoms with E-state index in [0.29, 0.717) is 11.6 Å². The van der Waals surface area contributed by atoms with Crippen molar-refractivity contribution in [3.8, 4) is 22.6 Å². The second-order valence-corrected chi connectivity index (χ2v) is 7.05. The molecule has 0 saturated carbocycles. The number of aryl methyl sites for hydroxylation is 1. The molecule has 0 atom stereocenters. The molecule has 7 nitrogen and oxygen atoms in total. The second-order valence-electron chi connectivity index (χ2n) is 7.05. The largest absolute Gasteiger partial charge is 0.504 e. The summed E-state index contributed by atoms with van der Waals surface area (Å²) in [6, 6.07) is 15.3. The number of methoxy groups -OCH3 is 1. The third kappa shape index (κ3) is 2.97. The summed E-state index contributed by atoms with van der Waals surface area (Å²) in [6.07, 6.45) is 3.36. The highest BCUT2D eigenvalue weighted by Crippen LogP contribution is 2.35. The van der Waals surface area contributed by atoms with Crippen LogP contribution in [0.2, 0.25) is 0 Å². The van der Waals surface area contributed by atoms with Gasteiger partial charge in [0.1, 0.15) is 12.1 Å². The second kappa shape index (κ2) is 7.04. The van der Waals surface area contributed by atoms with Gasteiger partial charge in [-0.1, -0.05) is 18.2 Å². The maximum atomic E-state index is 9.89. The van der Waals surface area contributed by atoms with Crippen LogP contribution in [-0.2, 0) is 0 Å². The Morgan fingerprint density at radius 2 is 1.80 bits per heavy atom. The van der Waals surface area contributed by atoms with Crippen LogP contribution in [0.3, 0.4) is 0 Å². The van der Waals surface area contributed by atoms with Gasteiger partial charge in [0.05, 0.1) is 30.0 Å². The van der Waals surface area contributed by atoms with Crippen LogP contribution in [0.5, 0.6) is 11.5 Å². The zero-order valence-electron chi connectivity index (χ0n) is 16.5. The number of hydrogen-bond acceptors (Lipinski definition) is 6. The van der Waals surface area contributed by atoms with Gasteiger partial charge < -0.3 is 15.2 Å². The summed E-state index contributed by atoms with van der Waals surface area (Å²) < 4.78 is 5.25. The van der Waals surface area contributed by atoms with E-state index in [2.05, 4.69) is 25.5 Å². The fraction of sp³-hybridized carbons (Fsp3) is 0.0870. The summed E-state index contributed by atoms with van der Waals surface area (Å²) in [5.41, 5.74) is 5.73. The minimum Gasteiger partial charge on any atom is -0.504 e. The van der Waals surface area contributed by atoms with Crippen molar-refractivity contribution < 1.29 is 9.84 Å². The molecular formula is C23H19N5O2. The smallest absolute Gasteiger partial charge is 0.161 e. The quantitative estimate of drug-likeness (QED) is 0.398. The van der Waals surface area contributed by atoms with Gasteiger partial charge in [0, 0.05) is 10.8 Å². The first-order valence-corrected chi connectivity index (χ1v) is 9.46. The molecular weight excluding hydrogens is 378 g/mol. The summed E-state index contributed by atoms with van der Waals surface area (Å²) in [4.78, 5) is 8.91. The first kappa shape index (κ1) is 17.9. The van der Waals surface area contributed by atoms with E-state index in [4.69, 9.17) is 4.74 Å². The van der Waals surface area contributed by atoms with Crippen molar-refractivity contribution >= 4 is 33.3 Å². The number of hydrogen-bond donors (Lipinski definition) is 3. The molecule has 0 aliphatic rings. The average Bonchev–Trinajstić information content (AvgIpc) is 3.25. The molecule has 0 spiro atoms. The number of nitrogens with zero attached hydrogens (tertiary/aromatic N) is 3. The molecule has 2 heterocycles. The minimum absolute atomic E-state index is 0.108. The predicted octanol–water partition coefficient (Wildman–Crippen LogP) is 4.94. The highest BCUT2D eigenvalue weighted by atomic mass is 16.5. The Kier molecular flexibility index (Phi) is 4.21. The van der Waals surface area contributed by atoms with Gasteiger partial charge in [-0.15, -0.1) is 0 Å². The Hall–Kier alpha value is -4.13. The lowest BCUT2D eigenvalue weighted by atomic mass is 10.0. The van der Waals surface area contributed by atoms with Gasteiger partial charge in [-0.3, -0.25) is 5.10 Å². The number of phenolic OH excluding ortho intramolecular Hbond substituents is 1. The zero-order valence-corrected chi connectivity index (χ0v) is 16.5. The number of phenols is 1. The van der Waals surface area contributed by atoms with Crippen molar-refractivity contribution in [2.75, 3.05) is 12.4 Å². The van der Waals surface area contributed by atoms with Crippen molar-refractivity contribution in [2.45, 2.75) is 6.92 Å². The number of nitrogens with one attached hydrogen (secondary N) is 2. The molecule has 30 heavy (non-hydrogen) atoms. The normalized spacial score (nSPS) is 11.1. The lowest BCUT2D eigenvalue weighted by Gasteiger charge is -2.13. The molecule has 0 radical (unpaired) electrons. The average molecular weight is 397 g/mol. The van der Waals surface area contributed by atoms with Crippen molar-refractivity contribution in [2.24, 2.45) is 0 Å². The van der Waals surface area contributed by atoms with Crippen LogP contribution in [0.25, 0.3) is 32.9 Å². The maximum Gasteiger partial charge on any atom is 0.161 e. The number of fused-ring (bicyclic) bond motifs is 2. The molecule has 0 fully saturated rings. The Morgan fingerprint density at radius 1 is 0.967 bits per heavy atom. The van der Waals surface area contributed by atoms with Crippen molar-refractivity contribution in [3.05, 3.63) is 66.6 Å². The molecule has 5 aromatic rings. The SMILES string of the molecule is COc1cc(-c2ccc3ncnc(Nc4c(C)ccc5[nH]ncc45)c3c2)ccc1O. The van der Waals surface area contributed by atoms with Crippen LogP contribution in [0.1, 0.15) is 5.56 Å². The highest BCUT2D eigenvalue weighted by Gasteiger charge is 2.12. The number of aromatic hydroxyl groups is 1. The number of rotatable bonds is 4. The Bertz CT molecular complexity index is 1390. The summed E-state index contributed by atoms with van der Waals surface area (Å²) in [5.74, 6) is 1.25. The summed E-state index contributed by atoms with van der Waals surface area (Å²) in [7, 11) is 1.54. The van der Waals surface area contributed by atoms with Crippen LogP contribution in [0.4, 0.5) is 11.5 Å². The molecule has 2 aromatic heterocycles. The monoisotopic (exact) mass is 397 g/mol. The molecule has 0 amide bonds. The molecule has 0 unspecified atom stereocenters. The van der Waals surface area contributed by atoms with Gasteiger partial charge in [0.2, 0.25) is 0 Å². The third-order valence-electron chi connectivity index (χ3n) is 5.22. The predicted molar refractivity (Wildman–Crippen MR) is 117 cm³/mol. The lowest BCUT2D eigenvalue weighted by Crippen LogP contribution is -1.98. The first-order chi connectivity index (χ1) is 14.6. The van der Waals surface area contributed by atoms with E-state index in [-0.39, 0.29) is 5.75 Å². The van der Waals surface area contributed by atoms with Crippen LogP contribution in [0, 0.1) is 6.92 Å². The molecule has 3 N–H and O–H groups in total. The topological polar surface area (TPSA) is 96.0 Å². The van der Waals surface area contributed by atoms with Crippen LogP contribution in [-0.4, -0.2) is 32.4 Å². The van der Waals surface area contributed by atoms with Crippen LogP contribution in [0.15, 0.2) is 61.1 Å². The van der Waals surface area contributed by atoms with E-state index in [1.54, 1.807) is 12.4 Å². The van der Waals surface area contributed by atoms with Gasteiger partial charge >= 0.3 is 0 Å². The van der Waals surface area contributed by atoms with Crippen LogP contribution < -0.4 is 10.1 Å². The standard InChI is InChI=1S/C23H19N5O2/c1-13-3-6-19-17(11-26-28-19)22(13)27-23-16-9-14(4-7-18(16)24-12-25-23)15-5-8-20(29)21(10-15)30-2/h3-12,29H,1-2H3,(H,26,28)(H,24,25,27). The van der Waals surface area contributed by atoms with E-state index in [1.165, 1.54) is 7.11 Å². The van der Waals surface area contributed by atoms with E-state index in [9.17, 15) is 5.11 Å². The van der Waals surface area contributed by atoms with E-state index in [1.807, 2.05) is 55.6 Å². The van der Waals surface area contributed by atoms with Crippen molar-refractivity contribution in [3.63, 3.8) is 0 Å². The summed E-state index contributed by atoms with van der Waals surface area (Å²) >= 11 is 0. The summed E-state index contributed by atoms with van der Waals surface area (Å²) in [6.45, 7) is 2.05. The number of aromatic nitrogens is 4. The first-order valence-electron chi connectivity index (χ1n) is 9.46. The Labute approximate surface area is 172 Å². The third-order valence-corrected chi connectivity index (χ3v) is 5.22. The van der Waals surface area contributed by atoms with Gasteiger partial charge in [-0.05, 0) is 53.9 Å². The molecule has 148 valence electrons. The fourth-order valence-electron chi connectivity index (χ4n) is 3.60. The number of anilines is 2. The van der Waals surface area contributed by atoms with Gasteiger partial charge in [-0.25, -0.2) is 9.97 Å².